The summed E-state index contributed by atoms with van der Waals surface area (Å²) in [6, 6.07) is 5.98. The van der Waals surface area contributed by atoms with E-state index in [0.29, 0.717) is 0 Å². The Morgan fingerprint density at radius 3 is 2.77 bits per heavy atom. The first-order valence-electron chi connectivity index (χ1n) is 9.59. The lowest BCUT2D eigenvalue weighted by atomic mass is 9.60. The minimum Gasteiger partial charge on any atom is -0.368 e. The summed E-state index contributed by atoms with van der Waals surface area (Å²) in [7, 11) is 0. The quantitative estimate of drug-likeness (QED) is 0.685. The Hall–Kier alpha value is -3.30. The molecular weight excluding hydrogens is 397 g/mol. The van der Waals surface area contributed by atoms with Crippen molar-refractivity contribution in [2.45, 2.75) is 25.1 Å². The maximum atomic E-state index is 12.8. The predicted octanol–water partition coefficient (Wildman–Crippen LogP) is 3.54. The number of amides is 2. The molecule has 1 aromatic carbocycles. The van der Waals surface area contributed by atoms with Crippen LogP contribution < -0.4 is 15.5 Å². The number of carbonyl (C=O) groups excluding carboxylic acids is 1. The van der Waals surface area contributed by atoms with Crippen LogP contribution >= 0.6 is 0 Å². The van der Waals surface area contributed by atoms with Gasteiger partial charge >= 0.3 is 12.2 Å². The summed E-state index contributed by atoms with van der Waals surface area (Å²) < 4.78 is 40.1. The number of carbonyl (C=O) groups is 1. The van der Waals surface area contributed by atoms with Gasteiger partial charge in [-0.2, -0.15) is 18.3 Å². The molecule has 2 amide bonds. The highest BCUT2D eigenvalue weighted by atomic mass is 19.4. The van der Waals surface area contributed by atoms with Crippen LogP contribution in [0.1, 0.15) is 18.4 Å². The van der Waals surface area contributed by atoms with Crippen molar-refractivity contribution in [1.82, 2.24) is 19.9 Å². The SMILES string of the molecule is O=C(Nc1cccc(C(F)(F)F)c1)NC1CC2(C1)CN(c1cnc3ccnn3c1)C2. The van der Waals surface area contributed by atoms with Crippen LogP contribution in [0.25, 0.3) is 5.65 Å². The molecule has 7 nitrogen and oxygen atoms in total. The number of hydrogen-bond acceptors (Lipinski definition) is 4. The molecule has 2 N–H and O–H groups in total. The molecule has 0 radical (unpaired) electrons. The number of rotatable bonds is 3. The van der Waals surface area contributed by atoms with Gasteiger partial charge in [0.2, 0.25) is 0 Å². The average molecular weight is 416 g/mol. The Labute approximate surface area is 169 Å². The first kappa shape index (κ1) is 18.7. The highest BCUT2D eigenvalue weighted by Crippen LogP contribution is 2.49. The molecule has 2 aromatic heterocycles. The average Bonchev–Trinajstić information content (AvgIpc) is 3.09. The fourth-order valence-electron chi connectivity index (χ4n) is 4.38. The van der Waals surface area contributed by atoms with E-state index in [2.05, 4.69) is 25.6 Å². The van der Waals surface area contributed by atoms with Gasteiger partial charge in [0.1, 0.15) is 0 Å². The van der Waals surface area contributed by atoms with Crippen molar-refractivity contribution >= 4 is 23.1 Å². The molecule has 156 valence electrons. The zero-order valence-corrected chi connectivity index (χ0v) is 15.9. The second kappa shape index (κ2) is 6.61. The number of halogens is 3. The van der Waals surface area contributed by atoms with Crippen molar-refractivity contribution in [3.05, 3.63) is 54.5 Å². The lowest BCUT2D eigenvalue weighted by Crippen LogP contribution is -2.67. The van der Waals surface area contributed by atoms with Crippen molar-refractivity contribution in [2.24, 2.45) is 5.41 Å². The second-order valence-electron chi connectivity index (χ2n) is 8.08. The van der Waals surface area contributed by atoms with Gasteiger partial charge < -0.3 is 15.5 Å². The van der Waals surface area contributed by atoms with E-state index in [-0.39, 0.29) is 17.1 Å². The number of hydrogen-bond donors (Lipinski definition) is 2. The molecule has 1 saturated carbocycles. The van der Waals surface area contributed by atoms with Gasteiger partial charge in [-0.1, -0.05) is 6.07 Å². The summed E-state index contributed by atoms with van der Waals surface area (Å²) in [5.41, 5.74) is 1.31. The Kier molecular flexibility index (Phi) is 4.12. The van der Waals surface area contributed by atoms with Crippen LogP contribution in [0.15, 0.2) is 48.9 Å². The van der Waals surface area contributed by atoms with Crippen molar-refractivity contribution in [3.63, 3.8) is 0 Å². The Morgan fingerprint density at radius 2 is 2.00 bits per heavy atom. The van der Waals surface area contributed by atoms with Gasteiger partial charge in [-0.05, 0) is 31.0 Å². The van der Waals surface area contributed by atoms with Crippen LogP contribution in [0.2, 0.25) is 0 Å². The summed E-state index contributed by atoms with van der Waals surface area (Å²) in [5, 5.41) is 9.53. The van der Waals surface area contributed by atoms with Crippen molar-refractivity contribution in [3.8, 4) is 0 Å². The van der Waals surface area contributed by atoms with Gasteiger partial charge in [0.15, 0.2) is 5.65 Å². The van der Waals surface area contributed by atoms with Crippen LogP contribution in [0.4, 0.5) is 29.3 Å². The normalized spacial score (nSPS) is 18.2. The lowest BCUT2D eigenvalue weighted by Gasteiger charge is -2.59. The van der Waals surface area contributed by atoms with E-state index in [4.69, 9.17) is 0 Å². The van der Waals surface area contributed by atoms with Crippen molar-refractivity contribution in [2.75, 3.05) is 23.3 Å². The third kappa shape index (κ3) is 3.42. The molecule has 2 fully saturated rings. The van der Waals surface area contributed by atoms with Crippen LogP contribution in [0.3, 0.4) is 0 Å². The maximum Gasteiger partial charge on any atom is 0.416 e. The highest BCUT2D eigenvalue weighted by Gasteiger charge is 2.52. The van der Waals surface area contributed by atoms with E-state index in [1.165, 1.54) is 12.1 Å². The summed E-state index contributed by atoms with van der Waals surface area (Å²) in [5.74, 6) is 0. The Morgan fingerprint density at radius 1 is 1.20 bits per heavy atom. The molecule has 10 heteroatoms. The number of aromatic nitrogens is 3. The van der Waals surface area contributed by atoms with Gasteiger partial charge in [-0.3, -0.25) is 0 Å². The number of nitrogens with one attached hydrogen (secondary N) is 2. The van der Waals surface area contributed by atoms with Crippen LogP contribution in [0.5, 0.6) is 0 Å². The standard InChI is InChI=1S/C20H19F3N6O/c21-20(22,23)13-2-1-3-14(6-13)26-18(30)27-15-7-19(8-15)11-28(12-19)16-9-24-17-4-5-25-29(17)10-16/h1-6,9-10,15H,7-8,11-12H2,(H2,26,27,30). The van der Waals surface area contributed by atoms with Gasteiger partial charge in [0.05, 0.1) is 29.8 Å². The third-order valence-corrected chi connectivity index (χ3v) is 5.79. The lowest BCUT2D eigenvalue weighted by molar-refractivity contribution is -0.137. The monoisotopic (exact) mass is 416 g/mol. The molecular formula is C20H19F3N6O. The predicted molar refractivity (Wildman–Crippen MR) is 104 cm³/mol. The van der Waals surface area contributed by atoms with Crippen molar-refractivity contribution < 1.29 is 18.0 Å². The summed E-state index contributed by atoms with van der Waals surface area (Å²) in [6.07, 6.45) is 2.74. The number of alkyl halides is 3. The fourth-order valence-corrected chi connectivity index (χ4v) is 4.38. The Balaban J connectivity index is 1.11. The first-order valence-corrected chi connectivity index (χ1v) is 9.59. The number of benzene rings is 1. The molecule has 1 spiro atoms. The molecule has 3 heterocycles. The van der Waals surface area contributed by atoms with Gasteiger partial charge in [0.25, 0.3) is 0 Å². The summed E-state index contributed by atoms with van der Waals surface area (Å²) >= 11 is 0. The second-order valence-corrected chi connectivity index (χ2v) is 8.08. The minimum atomic E-state index is -4.44. The molecule has 0 atom stereocenters. The molecule has 2 aliphatic rings. The number of urea groups is 1. The number of nitrogens with zero attached hydrogens (tertiary/aromatic N) is 4. The van der Waals surface area contributed by atoms with E-state index in [0.717, 1.165) is 49.4 Å². The molecule has 0 unspecified atom stereocenters. The molecule has 3 aromatic rings. The zero-order chi connectivity index (χ0) is 20.9. The number of fused-ring (bicyclic) bond motifs is 1. The number of anilines is 2. The minimum absolute atomic E-state index is 0.0182. The van der Waals surface area contributed by atoms with Gasteiger partial charge in [-0.15, -0.1) is 0 Å². The molecule has 1 aliphatic heterocycles. The van der Waals surface area contributed by atoms with E-state index < -0.39 is 17.8 Å². The molecule has 0 bridgehead atoms. The van der Waals surface area contributed by atoms with Crippen molar-refractivity contribution in [1.29, 1.82) is 0 Å². The van der Waals surface area contributed by atoms with E-state index in [1.54, 1.807) is 10.7 Å². The Bertz CT molecular complexity index is 1100. The molecule has 1 aliphatic carbocycles. The summed E-state index contributed by atoms with van der Waals surface area (Å²) in [4.78, 5) is 18.8. The smallest absolute Gasteiger partial charge is 0.368 e. The van der Waals surface area contributed by atoms with E-state index >= 15 is 0 Å². The van der Waals surface area contributed by atoms with Gasteiger partial charge in [-0.25, -0.2) is 14.3 Å². The zero-order valence-electron chi connectivity index (χ0n) is 15.9. The van der Waals surface area contributed by atoms with E-state index in [1.807, 2.05) is 18.5 Å². The first-order chi connectivity index (χ1) is 14.3. The highest BCUT2D eigenvalue weighted by molar-refractivity contribution is 5.89. The van der Waals surface area contributed by atoms with E-state index in [9.17, 15) is 18.0 Å². The third-order valence-electron chi connectivity index (χ3n) is 5.79. The topological polar surface area (TPSA) is 74.6 Å². The van der Waals surface area contributed by atoms with Crippen LogP contribution in [-0.2, 0) is 6.18 Å². The van der Waals surface area contributed by atoms with Crippen LogP contribution in [0, 0.1) is 5.41 Å². The van der Waals surface area contributed by atoms with Crippen LogP contribution in [-0.4, -0.2) is 39.8 Å². The summed E-state index contributed by atoms with van der Waals surface area (Å²) in [6.45, 7) is 1.77. The molecule has 1 saturated heterocycles. The fraction of sp³-hybridized carbons (Fsp3) is 0.350. The maximum absolute atomic E-state index is 12.8. The molecule has 30 heavy (non-hydrogen) atoms. The molecule has 5 rings (SSSR count). The van der Waals surface area contributed by atoms with Gasteiger partial charge in [0, 0.05) is 36.3 Å². The largest absolute Gasteiger partial charge is 0.416 e.